The molecule has 0 aliphatic carbocycles. The Morgan fingerprint density at radius 2 is 1.57 bits per heavy atom. The number of hydrogen-bond acceptors (Lipinski definition) is 3. The second kappa shape index (κ2) is 12.4. The maximum atomic E-state index is 8.95. The summed E-state index contributed by atoms with van der Waals surface area (Å²) in [5, 5.41) is 0. The van der Waals surface area contributed by atoms with Crippen LogP contribution in [0.4, 0.5) is 0 Å². The van der Waals surface area contributed by atoms with Gasteiger partial charge < -0.3 is 9.64 Å². The summed E-state index contributed by atoms with van der Waals surface area (Å²) >= 11 is 0. The second-order valence-electron chi connectivity index (χ2n) is 3.17. The lowest BCUT2D eigenvalue weighted by atomic mass is 10.3. The number of methoxy groups -OCH3 is 1. The van der Waals surface area contributed by atoms with Crippen molar-refractivity contribution >= 4 is 6.47 Å². The van der Waals surface area contributed by atoms with E-state index in [2.05, 4.69) is 23.5 Å². The van der Waals surface area contributed by atoms with E-state index in [-0.39, 0.29) is 0 Å². The Bertz CT molecular complexity index is 110. The van der Waals surface area contributed by atoms with E-state index in [0.717, 1.165) is 6.04 Å². The lowest BCUT2D eigenvalue weighted by Crippen LogP contribution is -2.26. The molecule has 1 heterocycles. The van der Waals surface area contributed by atoms with Crippen molar-refractivity contribution in [1.82, 2.24) is 4.90 Å². The molecule has 0 amide bonds. The van der Waals surface area contributed by atoms with Crippen LogP contribution >= 0.6 is 0 Å². The van der Waals surface area contributed by atoms with Gasteiger partial charge in [0, 0.05) is 6.04 Å². The molecule has 0 N–H and O–H groups in total. The predicted molar refractivity (Wildman–Crippen MR) is 60.4 cm³/mol. The standard InChI is InChI=1S/C7H15N.C2H4O2.C2H6/c1-7(2)8-5-3-4-6-8;1-4-2-3;1-2/h7H,3-6H2,1-2H3;2H,1H3;1-2H3. The van der Waals surface area contributed by atoms with Gasteiger partial charge in [0.1, 0.15) is 0 Å². The molecular formula is C11H25NO2. The zero-order valence-electron chi connectivity index (χ0n) is 10.2. The second-order valence-corrected chi connectivity index (χ2v) is 3.17. The molecule has 0 aromatic rings. The summed E-state index contributed by atoms with van der Waals surface area (Å²) in [6, 6.07) is 0.775. The summed E-state index contributed by atoms with van der Waals surface area (Å²) in [5.41, 5.74) is 0. The summed E-state index contributed by atoms with van der Waals surface area (Å²) in [5.74, 6) is 0. The maximum absolute atomic E-state index is 8.95. The molecule has 0 saturated carbocycles. The van der Waals surface area contributed by atoms with Crippen LogP contribution in [-0.2, 0) is 9.53 Å². The number of hydrogen-bond donors (Lipinski definition) is 0. The Kier molecular flexibility index (Phi) is 14.1. The number of rotatable bonds is 2. The van der Waals surface area contributed by atoms with Gasteiger partial charge >= 0.3 is 0 Å². The van der Waals surface area contributed by atoms with Crippen LogP contribution in [0.1, 0.15) is 40.5 Å². The highest BCUT2D eigenvalue weighted by Gasteiger charge is 2.13. The predicted octanol–water partition coefficient (Wildman–Crippen LogP) is 2.31. The van der Waals surface area contributed by atoms with Crippen LogP contribution in [-0.4, -0.2) is 37.6 Å². The van der Waals surface area contributed by atoms with Gasteiger partial charge in [0.15, 0.2) is 0 Å². The van der Waals surface area contributed by atoms with Gasteiger partial charge in [-0.05, 0) is 39.8 Å². The third-order valence-corrected chi connectivity index (χ3v) is 1.97. The maximum Gasteiger partial charge on any atom is 0.292 e. The molecule has 1 rings (SSSR count). The van der Waals surface area contributed by atoms with Crippen LogP contribution in [0.5, 0.6) is 0 Å². The summed E-state index contributed by atoms with van der Waals surface area (Å²) < 4.78 is 3.86. The molecule has 14 heavy (non-hydrogen) atoms. The first-order chi connectivity index (χ1) is 6.72. The van der Waals surface area contributed by atoms with E-state index in [1.54, 1.807) is 0 Å². The molecule has 1 aliphatic heterocycles. The molecule has 86 valence electrons. The lowest BCUT2D eigenvalue weighted by Gasteiger charge is -2.18. The van der Waals surface area contributed by atoms with Crippen molar-refractivity contribution in [2.24, 2.45) is 0 Å². The first kappa shape index (κ1) is 15.9. The van der Waals surface area contributed by atoms with E-state index in [1.807, 2.05) is 13.8 Å². The summed E-state index contributed by atoms with van der Waals surface area (Å²) in [6.07, 6.45) is 2.83. The third-order valence-electron chi connectivity index (χ3n) is 1.97. The summed E-state index contributed by atoms with van der Waals surface area (Å²) in [7, 11) is 1.31. The van der Waals surface area contributed by atoms with Crippen LogP contribution in [0.15, 0.2) is 0 Å². The Balaban J connectivity index is 0. The number of ether oxygens (including phenoxy) is 1. The first-order valence-corrected chi connectivity index (χ1v) is 5.43. The highest BCUT2D eigenvalue weighted by Crippen LogP contribution is 2.09. The fourth-order valence-electron chi connectivity index (χ4n) is 1.26. The van der Waals surface area contributed by atoms with Gasteiger partial charge in [0.05, 0.1) is 7.11 Å². The fraction of sp³-hybridized carbons (Fsp3) is 0.909. The topological polar surface area (TPSA) is 29.5 Å². The van der Waals surface area contributed by atoms with Gasteiger partial charge in [-0.15, -0.1) is 0 Å². The first-order valence-electron chi connectivity index (χ1n) is 5.43. The van der Waals surface area contributed by atoms with Gasteiger partial charge in [0.25, 0.3) is 6.47 Å². The van der Waals surface area contributed by atoms with Crippen molar-refractivity contribution in [2.75, 3.05) is 20.2 Å². The van der Waals surface area contributed by atoms with Gasteiger partial charge in [-0.1, -0.05) is 13.8 Å². The van der Waals surface area contributed by atoms with Gasteiger partial charge in [-0.2, -0.15) is 0 Å². The van der Waals surface area contributed by atoms with E-state index in [4.69, 9.17) is 4.79 Å². The van der Waals surface area contributed by atoms with Crippen molar-refractivity contribution in [1.29, 1.82) is 0 Å². The minimum absolute atomic E-state index is 0.375. The lowest BCUT2D eigenvalue weighted by molar-refractivity contribution is -0.126. The minimum Gasteiger partial charge on any atom is -0.471 e. The molecule has 0 atom stereocenters. The average Bonchev–Trinajstić information content (AvgIpc) is 2.74. The molecular weight excluding hydrogens is 178 g/mol. The van der Waals surface area contributed by atoms with E-state index < -0.39 is 0 Å². The molecule has 0 bridgehead atoms. The molecule has 0 unspecified atom stereocenters. The molecule has 0 aromatic carbocycles. The van der Waals surface area contributed by atoms with Crippen molar-refractivity contribution in [2.45, 2.75) is 46.6 Å². The van der Waals surface area contributed by atoms with Crippen molar-refractivity contribution in [3.63, 3.8) is 0 Å². The number of likely N-dealkylation sites (tertiary alicyclic amines) is 1. The van der Waals surface area contributed by atoms with Crippen LogP contribution < -0.4 is 0 Å². The van der Waals surface area contributed by atoms with Gasteiger partial charge in [0.2, 0.25) is 0 Å². The highest BCUT2D eigenvalue weighted by atomic mass is 16.5. The Morgan fingerprint density at radius 3 is 1.71 bits per heavy atom. The monoisotopic (exact) mass is 203 g/mol. The SMILES string of the molecule is CC.CC(C)N1CCCC1.COC=O. The normalized spacial score (nSPS) is 15.0. The Morgan fingerprint density at radius 1 is 1.21 bits per heavy atom. The molecule has 1 fully saturated rings. The van der Waals surface area contributed by atoms with Crippen LogP contribution in [0.2, 0.25) is 0 Å². The molecule has 0 spiro atoms. The van der Waals surface area contributed by atoms with Gasteiger partial charge in [-0.3, -0.25) is 4.79 Å². The molecule has 3 heteroatoms. The highest BCUT2D eigenvalue weighted by molar-refractivity contribution is 5.36. The molecule has 1 aliphatic rings. The average molecular weight is 203 g/mol. The quantitative estimate of drug-likeness (QED) is 0.645. The fourth-order valence-corrected chi connectivity index (χ4v) is 1.26. The van der Waals surface area contributed by atoms with Crippen LogP contribution in [0.25, 0.3) is 0 Å². The summed E-state index contributed by atoms with van der Waals surface area (Å²) in [4.78, 5) is 11.5. The molecule has 0 radical (unpaired) electrons. The smallest absolute Gasteiger partial charge is 0.292 e. The minimum atomic E-state index is 0.375. The van der Waals surface area contributed by atoms with Gasteiger partial charge in [-0.25, -0.2) is 0 Å². The number of carbonyl (C=O) groups is 1. The largest absolute Gasteiger partial charge is 0.471 e. The van der Waals surface area contributed by atoms with Crippen LogP contribution in [0.3, 0.4) is 0 Å². The van der Waals surface area contributed by atoms with Crippen molar-refractivity contribution in [3.05, 3.63) is 0 Å². The number of carbonyl (C=O) groups excluding carboxylic acids is 1. The Labute approximate surface area is 88.4 Å². The van der Waals surface area contributed by atoms with E-state index in [1.165, 1.54) is 33.0 Å². The Hall–Kier alpha value is -0.570. The van der Waals surface area contributed by atoms with E-state index >= 15 is 0 Å². The molecule has 0 aromatic heterocycles. The van der Waals surface area contributed by atoms with E-state index in [0.29, 0.717) is 6.47 Å². The zero-order valence-corrected chi connectivity index (χ0v) is 10.2. The third kappa shape index (κ3) is 9.52. The molecule has 1 saturated heterocycles. The van der Waals surface area contributed by atoms with Crippen molar-refractivity contribution in [3.8, 4) is 0 Å². The van der Waals surface area contributed by atoms with Crippen molar-refractivity contribution < 1.29 is 9.53 Å². The van der Waals surface area contributed by atoms with Crippen LogP contribution in [0, 0.1) is 0 Å². The molecule has 3 nitrogen and oxygen atoms in total. The number of nitrogens with zero attached hydrogens (tertiary/aromatic N) is 1. The van der Waals surface area contributed by atoms with E-state index in [9.17, 15) is 0 Å². The summed E-state index contributed by atoms with van der Waals surface area (Å²) in [6.45, 7) is 11.6. The zero-order chi connectivity index (χ0) is 11.4.